The fraction of sp³-hybridized carbons (Fsp3) is 0.462. The quantitative estimate of drug-likeness (QED) is 0.901. The summed E-state index contributed by atoms with van der Waals surface area (Å²) in [5, 5.41) is 12.4. The molecule has 2 bridgehead atoms. The number of rotatable bonds is 3. The third kappa shape index (κ3) is 2.12. The van der Waals surface area contributed by atoms with E-state index in [1.54, 1.807) is 12.1 Å². The number of benzene rings is 1. The molecule has 5 heteroatoms. The van der Waals surface area contributed by atoms with Gasteiger partial charge in [0.2, 0.25) is 0 Å². The van der Waals surface area contributed by atoms with Crippen LogP contribution in [0, 0.1) is 0 Å². The van der Waals surface area contributed by atoms with Crippen LogP contribution in [-0.4, -0.2) is 29.3 Å². The van der Waals surface area contributed by atoms with Gasteiger partial charge in [-0.1, -0.05) is 0 Å². The predicted molar refractivity (Wildman–Crippen MR) is 71.0 cm³/mol. The van der Waals surface area contributed by atoms with Crippen LogP contribution in [0.2, 0.25) is 0 Å². The third-order valence-corrected chi connectivity index (χ3v) is 4.31. The molecule has 4 nitrogen and oxygen atoms in total. The summed E-state index contributed by atoms with van der Waals surface area (Å²) in [5.74, 6) is -0.920. The van der Waals surface area contributed by atoms with E-state index in [0.29, 0.717) is 22.7 Å². The molecule has 1 aromatic rings. The highest BCUT2D eigenvalue weighted by Gasteiger charge is 2.40. The second-order valence-electron chi connectivity index (χ2n) is 4.86. The number of fused-ring (bicyclic) bond motifs is 2. The van der Waals surface area contributed by atoms with Gasteiger partial charge in [-0.2, -0.15) is 0 Å². The minimum absolute atomic E-state index is 0.282. The van der Waals surface area contributed by atoms with Crippen LogP contribution in [0.5, 0.6) is 0 Å². The summed E-state index contributed by atoms with van der Waals surface area (Å²) in [6.45, 7) is 0. The molecule has 3 rings (SSSR count). The van der Waals surface area contributed by atoms with Gasteiger partial charge in [0.1, 0.15) is 0 Å². The summed E-state index contributed by atoms with van der Waals surface area (Å²) in [6, 6.07) is 5.59. The Labute approximate surface area is 113 Å². The predicted octanol–water partition coefficient (Wildman–Crippen LogP) is 2.88. The summed E-state index contributed by atoms with van der Waals surface area (Å²) in [4.78, 5) is 10.9. The number of hydrogen-bond donors (Lipinski definition) is 2. The standard InChI is InChI=1S/C13H14BrNO3/c14-10-5-7(1-3-9(10)13(16)17)15-11-6-8-2-4-12(11)18-8/h1,3,5,8,11-12,15H,2,4,6H2,(H,16,17). The zero-order valence-electron chi connectivity index (χ0n) is 9.73. The van der Waals surface area contributed by atoms with Crippen molar-refractivity contribution >= 4 is 27.6 Å². The van der Waals surface area contributed by atoms with E-state index in [0.717, 1.165) is 18.5 Å². The molecule has 0 radical (unpaired) electrons. The van der Waals surface area contributed by atoms with Crippen molar-refractivity contribution in [2.45, 2.75) is 37.5 Å². The van der Waals surface area contributed by atoms with Crippen LogP contribution in [0.3, 0.4) is 0 Å². The smallest absolute Gasteiger partial charge is 0.336 e. The molecule has 0 amide bonds. The zero-order chi connectivity index (χ0) is 12.7. The maximum Gasteiger partial charge on any atom is 0.336 e. The Hall–Kier alpha value is -1.07. The molecular weight excluding hydrogens is 298 g/mol. The van der Waals surface area contributed by atoms with Gasteiger partial charge in [0, 0.05) is 10.2 Å². The second kappa shape index (κ2) is 4.55. The lowest BCUT2D eigenvalue weighted by Crippen LogP contribution is -2.30. The highest BCUT2D eigenvalue weighted by atomic mass is 79.9. The lowest BCUT2D eigenvalue weighted by Gasteiger charge is -2.21. The lowest BCUT2D eigenvalue weighted by atomic mass is 9.95. The van der Waals surface area contributed by atoms with Crippen molar-refractivity contribution in [3.8, 4) is 0 Å². The van der Waals surface area contributed by atoms with E-state index in [1.165, 1.54) is 6.42 Å². The molecule has 2 fully saturated rings. The number of nitrogens with one attached hydrogen (secondary N) is 1. The maximum absolute atomic E-state index is 10.9. The summed E-state index contributed by atoms with van der Waals surface area (Å²) in [6.07, 6.45) is 4.06. The number of carbonyl (C=O) groups is 1. The molecular formula is C13H14BrNO3. The SMILES string of the molecule is O=C(O)c1ccc(NC2CC3CCC2O3)cc1Br. The van der Waals surface area contributed by atoms with Crippen LogP contribution in [0.15, 0.2) is 22.7 Å². The van der Waals surface area contributed by atoms with E-state index in [1.807, 2.05) is 6.07 Å². The Morgan fingerprint density at radius 3 is 2.83 bits per heavy atom. The van der Waals surface area contributed by atoms with Crippen molar-refractivity contribution in [2.24, 2.45) is 0 Å². The van der Waals surface area contributed by atoms with Gasteiger partial charge in [0.25, 0.3) is 0 Å². The van der Waals surface area contributed by atoms with E-state index >= 15 is 0 Å². The topological polar surface area (TPSA) is 58.6 Å². The van der Waals surface area contributed by atoms with Gasteiger partial charge in [-0.05, 0) is 53.4 Å². The van der Waals surface area contributed by atoms with Crippen molar-refractivity contribution in [2.75, 3.05) is 5.32 Å². The van der Waals surface area contributed by atoms with Crippen LogP contribution < -0.4 is 5.32 Å². The Balaban J connectivity index is 1.74. The maximum atomic E-state index is 10.9. The zero-order valence-corrected chi connectivity index (χ0v) is 11.3. The highest BCUT2D eigenvalue weighted by Crippen LogP contribution is 2.36. The normalized spacial score (nSPS) is 29.5. The molecule has 2 aliphatic heterocycles. The number of aromatic carboxylic acids is 1. The average Bonchev–Trinajstić information content (AvgIpc) is 2.90. The first kappa shape index (κ1) is 12.0. The Morgan fingerprint density at radius 2 is 2.28 bits per heavy atom. The van der Waals surface area contributed by atoms with Gasteiger partial charge in [0.05, 0.1) is 23.8 Å². The van der Waals surface area contributed by atoms with E-state index in [-0.39, 0.29) is 5.56 Å². The van der Waals surface area contributed by atoms with Crippen LogP contribution in [0.1, 0.15) is 29.6 Å². The average molecular weight is 312 g/mol. The van der Waals surface area contributed by atoms with Crippen LogP contribution in [-0.2, 0) is 4.74 Å². The molecule has 0 saturated carbocycles. The van der Waals surface area contributed by atoms with Gasteiger partial charge in [0.15, 0.2) is 0 Å². The monoisotopic (exact) mass is 311 g/mol. The van der Waals surface area contributed by atoms with Gasteiger partial charge in [-0.25, -0.2) is 4.79 Å². The van der Waals surface area contributed by atoms with Crippen molar-refractivity contribution in [3.05, 3.63) is 28.2 Å². The van der Waals surface area contributed by atoms with Crippen molar-refractivity contribution in [1.82, 2.24) is 0 Å². The van der Waals surface area contributed by atoms with Crippen molar-refractivity contribution < 1.29 is 14.6 Å². The number of carboxylic acid groups (broad SMARTS) is 1. The molecule has 1 aromatic carbocycles. The van der Waals surface area contributed by atoms with Gasteiger partial charge in [-0.3, -0.25) is 0 Å². The summed E-state index contributed by atoms with van der Waals surface area (Å²) in [5.41, 5.74) is 1.22. The molecule has 96 valence electrons. The van der Waals surface area contributed by atoms with E-state index in [2.05, 4.69) is 21.2 Å². The fourth-order valence-electron chi connectivity index (χ4n) is 2.78. The minimum Gasteiger partial charge on any atom is -0.478 e. The van der Waals surface area contributed by atoms with E-state index in [4.69, 9.17) is 9.84 Å². The molecule has 0 aliphatic carbocycles. The molecule has 3 atom stereocenters. The van der Waals surface area contributed by atoms with Crippen LogP contribution in [0.25, 0.3) is 0 Å². The highest BCUT2D eigenvalue weighted by molar-refractivity contribution is 9.10. The third-order valence-electron chi connectivity index (χ3n) is 3.66. The van der Waals surface area contributed by atoms with Crippen LogP contribution >= 0.6 is 15.9 Å². The molecule has 0 spiro atoms. The first-order chi connectivity index (χ1) is 8.63. The Bertz CT molecular complexity index is 491. The number of carboxylic acids is 1. The Kier molecular flexibility index (Phi) is 3.03. The molecule has 2 saturated heterocycles. The Morgan fingerprint density at radius 1 is 1.44 bits per heavy atom. The van der Waals surface area contributed by atoms with E-state index in [9.17, 15) is 4.79 Å². The summed E-state index contributed by atoms with van der Waals surface area (Å²) in [7, 11) is 0. The molecule has 2 aliphatic rings. The van der Waals surface area contributed by atoms with E-state index < -0.39 is 5.97 Å². The van der Waals surface area contributed by atoms with Crippen molar-refractivity contribution in [3.63, 3.8) is 0 Å². The number of halogens is 1. The molecule has 2 N–H and O–H groups in total. The summed E-state index contributed by atoms with van der Waals surface area (Å²) >= 11 is 3.29. The van der Waals surface area contributed by atoms with Crippen LogP contribution in [0.4, 0.5) is 5.69 Å². The number of ether oxygens (including phenoxy) is 1. The minimum atomic E-state index is -0.920. The molecule has 0 aromatic heterocycles. The first-order valence-electron chi connectivity index (χ1n) is 6.08. The number of hydrogen-bond acceptors (Lipinski definition) is 3. The molecule has 2 heterocycles. The van der Waals surface area contributed by atoms with Gasteiger partial charge < -0.3 is 15.2 Å². The largest absolute Gasteiger partial charge is 0.478 e. The summed E-state index contributed by atoms with van der Waals surface area (Å²) < 4.78 is 6.38. The van der Waals surface area contributed by atoms with Crippen molar-refractivity contribution in [1.29, 1.82) is 0 Å². The molecule has 3 unspecified atom stereocenters. The fourth-order valence-corrected chi connectivity index (χ4v) is 3.33. The van der Waals surface area contributed by atoms with Gasteiger partial charge >= 0.3 is 5.97 Å². The lowest BCUT2D eigenvalue weighted by molar-refractivity contribution is 0.0696. The molecule has 18 heavy (non-hydrogen) atoms. The number of anilines is 1. The second-order valence-corrected chi connectivity index (χ2v) is 5.71. The van der Waals surface area contributed by atoms with Gasteiger partial charge in [-0.15, -0.1) is 0 Å². The first-order valence-corrected chi connectivity index (χ1v) is 6.87.